The number of thiophene rings is 1. The van der Waals surface area contributed by atoms with Gasteiger partial charge in [-0.1, -0.05) is 20.3 Å². The van der Waals surface area contributed by atoms with Crippen molar-refractivity contribution in [3.63, 3.8) is 0 Å². The minimum absolute atomic E-state index is 0.161. The normalized spacial score (nSPS) is 16.5. The van der Waals surface area contributed by atoms with Crippen molar-refractivity contribution in [2.45, 2.75) is 58.4 Å². The van der Waals surface area contributed by atoms with Gasteiger partial charge in [0.1, 0.15) is 0 Å². The van der Waals surface area contributed by atoms with E-state index in [1.54, 1.807) is 0 Å². The first kappa shape index (κ1) is 14.7. The molecular weight excluding hydrogens is 282 g/mol. The fraction of sp³-hybridized carbons (Fsp3) is 0.625. The summed E-state index contributed by atoms with van der Waals surface area (Å²) in [6.45, 7) is 5.13. The summed E-state index contributed by atoms with van der Waals surface area (Å²) >= 11 is 1.83. The molecule has 2 heterocycles. The Morgan fingerprint density at radius 1 is 1.24 bits per heavy atom. The standard InChI is InChI=1S/C16H23N3OS/c1-3-12(17-4-2)15-18-19-16(20-15)14-10-11-8-6-5-7-9-13(11)21-14/h10,12,17H,3-9H2,1-2H3. The third-order valence-electron chi connectivity index (χ3n) is 4.05. The van der Waals surface area contributed by atoms with E-state index in [0.717, 1.165) is 17.8 Å². The lowest BCUT2D eigenvalue weighted by molar-refractivity contribution is 0.402. The zero-order valence-electron chi connectivity index (χ0n) is 12.8. The second kappa shape index (κ2) is 6.71. The molecule has 1 aliphatic rings. The quantitative estimate of drug-likeness (QED) is 0.844. The number of fused-ring (bicyclic) bond motifs is 1. The molecule has 1 N–H and O–H groups in total. The highest BCUT2D eigenvalue weighted by Gasteiger charge is 2.19. The Bertz CT molecular complexity index is 567. The van der Waals surface area contributed by atoms with Crippen molar-refractivity contribution < 1.29 is 4.42 Å². The lowest BCUT2D eigenvalue weighted by Gasteiger charge is -2.09. The van der Waals surface area contributed by atoms with Crippen LogP contribution in [0.1, 0.15) is 61.9 Å². The van der Waals surface area contributed by atoms with Gasteiger partial charge in [-0.3, -0.25) is 0 Å². The molecule has 0 bridgehead atoms. The van der Waals surface area contributed by atoms with E-state index >= 15 is 0 Å². The van der Waals surface area contributed by atoms with Gasteiger partial charge in [-0.25, -0.2) is 0 Å². The van der Waals surface area contributed by atoms with Gasteiger partial charge in [-0.05, 0) is 50.3 Å². The van der Waals surface area contributed by atoms with Crippen molar-refractivity contribution in [1.82, 2.24) is 15.5 Å². The molecule has 1 atom stereocenters. The van der Waals surface area contributed by atoms with Crippen molar-refractivity contribution in [1.29, 1.82) is 0 Å². The zero-order valence-corrected chi connectivity index (χ0v) is 13.6. The van der Waals surface area contributed by atoms with Crippen LogP contribution in [0.3, 0.4) is 0 Å². The van der Waals surface area contributed by atoms with Gasteiger partial charge in [-0.15, -0.1) is 21.5 Å². The molecule has 2 aromatic rings. The Labute approximate surface area is 130 Å². The topological polar surface area (TPSA) is 51.0 Å². The Morgan fingerprint density at radius 2 is 2.10 bits per heavy atom. The molecule has 0 saturated carbocycles. The highest BCUT2D eigenvalue weighted by molar-refractivity contribution is 7.15. The summed E-state index contributed by atoms with van der Waals surface area (Å²) in [5.41, 5.74) is 1.49. The second-order valence-corrected chi connectivity index (χ2v) is 6.72. The monoisotopic (exact) mass is 305 g/mol. The van der Waals surface area contributed by atoms with Gasteiger partial charge < -0.3 is 9.73 Å². The van der Waals surface area contributed by atoms with Gasteiger partial charge in [0.25, 0.3) is 5.89 Å². The third-order valence-corrected chi connectivity index (χ3v) is 5.28. The highest BCUT2D eigenvalue weighted by Crippen LogP contribution is 2.35. The Kier molecular flexibility index (Phi) is 4.70. The minimum atomic E-state index is 0.161. The van der Waals surface area contributed by atoms with Gasteiger partial charge in [0.05, 0.1) is 10.9 Å². The summed E-state index contributed by atoms with van der Waals surface area (Å²) in [6.07, 6.45) is 7.31. The number of nitrogens with zero attached hydrogens (tertiary/aromatic N) is 2. The van der Waals surface area contributed by atoms with Crippen LogP contribution >= 0.6 is 11.3 Å². The van der Waals surface area contributed by atoms with Crippen molar-refractivity contribution in [3.8, 4) is 10.8 Å². The Balaban J connectivity index is 1.83. The average Bonchev–Trinajstić information content (AvgIpc) is 3.07. The fourth-order valence-electron chi connectivity index (χ4n) is 2.90. The van der Waals surface area contributed by atoms with Crippen molar-refractivity contribution >= 4 is 11.3 Å². The molecule has 0 radical (unpaired) electrons. The number of aryl methyl sites for hydroxylation is 2. The molecule has 5 heteroatoms. The first-order chi connectivity index (χ1) is 10.3. The molecule has 1 aliphatic carbocycles. The van der Waals surface area contributed by atoms with Gasteiger partial charge in [0.15, 0.2) is 0 Å². The SMILES string of the molecule is CCNC(CC)c1nnc(-c2cc3c(s2)CCCCC3)o1. The number of aromatic nitrogens is 2. The fourth-order valence-corrected chi connectivity index (χ4v) is 4.08. The molecule has 0 aromatic carbocycles. The number of nitrogens with one attached hydrogen (secondary N) is 1. The smallest absolute Gasteiger partial charge is 0.257 e. The number of hydrogen-bond acceptors (Lipinski definition) is 5. The first-order valence-corrected chi connectivity index (χ1v) is 8.82. The van der Waals surface area contributed by atoms with Crippen molar-refractivity contribution in [2.24, 2.45) is 0 Å². The first-order valence-electron chi connectivity index (χ1n) is 8.00. The van der Waals surface area contributed by atoms with Crippen LogP contribution in [0.5, 0.6) is 0 Å². The lowest BCUT2D eigenvalue weighted by atomic mass is 10.1. The maximum Gasteiger partial charge on any atom is 0.257 e. The second-order valence-electron chi connectivity index (χ2n) is 5.58. The molecule has 1 unspecified atom stereocenters. The number of hydrogen-bond donors (Lipinski definition) is 1. The predicted octanol–water partition coefficient (Wildman–Crippen LogP) is 4.13. The molecule has 0 spiro atoms. The van der Waals surface area contributed by atoms with Crippen LogP contribution in [0.25, 0.3) is 10.8 Å². The molecule has 0 fully saturated rings. The van der Waals surface area contributed by atoms with E-state index in [1.165, 1.54) is 42.5 Å². The number of rotatable bonds is 5. The molecule has 0 aliphatic heterocycles. The Hall–Kier alpha value is -1.20. The maximum absolute atomic E-state index is 5.91. The summed E-state index contributed by atoms with van der Waals surface area (Å²) in [4.78, 5) is 2.65. The molecule has 4 nitrogen and oxygen atoms in total. The summed E-state index contributed by atoms with van der Waals surface area (Å²) in [7, 11) is 0. The van der Waals surface area contributed by atoms with E-state index in [9.17, 15) is 0 Å². The summed E-state index contributed by atoms with van der Waals surface area (Å²) in [5.74, 6) is 1.39. The van der Waals surface area contributed by atoms with Crippen LogP contribution in [0, 0.1) is 0 Å². The molecule has 21 heavy (non-hydrogen) atoms. The van der Waals surface area contributed by atoms with Crippen LogP contribution in [0.2, 0.25) is 0 Å². The van der Waals surface area contributed by atoms with Gasteiger partial charge in [-0.2, -0.15) is 0 Å². The van der Waals surface area contributed by atoms with Crippen LogP contribution in [-0.4, -0.2) is 16.7 Å². The summed E-state index contributed by atoms with van der Waals surface area (Å²) in [5, 5.41) is 11.9. The minimum Gasteiger partial charge on any atom is -0.418 e. The largest absolute Gasteiger partial charge is 0.418 e. The summed E-state index contributed by atoms with van der Waals surface area (Å²) < 4.78 is 5.91. The van der Waals surface area contributed by atoms with E-state index in [-0.39, 0.29) is 6.04 Å². The van der Waals surface area contributed by atoms with Gasteiger partial charge >= 0.3 is 0 Å². The van der Waals surface area contributed by atoms with Crippen molar-refractivity contribution in [3.05, 3.63) is 22.4 Å². The van der Waals surface area contributed by atoms with Crippen LogP contribution in [-0.2, 0) is 12.8 Å². The van der Waals surface area contributed by atoms with E-state index in [2.05, 4.69) is 35.4 Å². The van der Waals surface area contributed by atoms with E-state index in [4.69, 9.17) is 4.42 Å². The Morgan fingerprint density at radius 3 is 2.90 bits per heavy atom. The average molecular weight is 305 g/mol. The predicted molar refractivity (Wildman–Crippen MR) is 85.6 cm³/mol. The third kappa shape index (κ3) is 3.19. The van der Waals surface area contributed by atoms with Crippen molar-refractivity contribution in [2.75, 3.05) is 6.54 Å². The van der Waals surface area contributed by atoms with Gasteiger partial charge in [0.2, 0.25) is 5.89 Å². The summed E-state index contributed by atoms with van der Waals surface area (Å²) in [6, 6.07) is 2.42. The highest BCUT2D eigenvalue weighted by atomic mass is 32.1. The zero-order chi connectivity index (χ0) is 14.7. The van der Waals surface area contributed by atoms with E-state index < -0.39 is 0 Å². The molecule has 2 aromatic heterocycles. The van der Waals surface area contributed by atoms with Crippen LogP contribution in [0.15, 0.2) is 10.5 Å². The molecule has 114 valence electrons. The maximum atomic E-state index is 5.91. The molecule has 0 amide bonds. The molecule has 3 rings (SSSR count). The molecule has 0 saturated heterocycles. The van der Waals surface area contributed by atoms with Crippen LogP contribution < -0.4 is 5.32 Å². The van der Waals surface area contributed by atoms with E-state index in [0.29, 0.717) is 11.8 Å². The van der Waals surface area contributed by atoms with Gasteiger partial charge in [0, 0.05) is 4.88 Å². The lowest BCUT2D eigenvalue weighted by Crippen LogP contribution is -2.20. The molecular formula is C16H23N3OS. The van der Waals surface area contributed by atoms with Crippen LogP contribution in [0.4, 0.5) is 0 Å². The van der Waals surface area contributed by atoms with E-state index in [1.807, 2.05) is 11.3 Å².